The minimum absolute atomic E-state index is 0. The molecule has 3 nitrogen and oxygen atoms in total. The molecule has 0 amide bonds. The molecule has 0 atom stereocenters. The van der Waals surface area contributed by atoms with Crippen molar-refractivity contribution in [3.05, 3.63) is 35.6 Å². The lowest BCUT2D eigenvalue weighted by Crippen LogP contribution is -2.37. The standard InChI is InChI=1S/C13H18FN3.HI/c1-15-13(16-8-10-5-6-10)17-9-11-3-2-4-12(14)7-11;/h2-4,7,10H,5-6,8-9H2,1H3,(H2,15,16,17);1H. The van der Waals surface area contributed by atoms with Crippen molar-refractivity contribution in [2.75, 3.05) is 13.6 Å². The summed E-state index contributed by atoms with van der Waals surface area (Å²) in [5.74, 6) is 1.38. The van der Waals surface area contributed by atoms with Crippen LogP contribution in [0.4, 0.5) is 4.39 Å². The summed E-state index contributed by atoms with van der Waals surface area (Å²) < 4.78 is 13.0. The molecule has 0 aliphatic heterocycles. The molecule has 1 aliphatic rings. The zero-order valence-corrected chi connectivity index (χ0v) is 12.8. The van der Waals surface area contributed by atoms with Crippen LogP contribution in [0.1, 0.15) is 18.4 Å². The number of halogens is 2. The monoisotopic (exact) mass is 363 g/mol. The Morgan fingerprint density at radius 2 is 2.17 bits per heavy atom. The average Bonchev–Trinajstić information content (AvgIpc) is 3.13. The Bertz CT molecular complexity index is 405. The van der Waals surface area contributed by atoms with E-state index in [1.54, 1.807) is 13.1 Å². The molecule has 1 aromatic carbocycles. The molecule has 5 heteroatoms. The highest BCUT2D eigenvalue weighted by molar-refractivity contribution is 14.0. The van der Waals surface area contributed by atoms with Gasteiger partial charge in [-0.3, -0.25) is 4.99 Å². The lowest BCUT2D eigenvalue weighted by molar-refractivity contribution is 0.624. The molecule has 0 bridgehead atoms. The smallest absolute Gasteiger partial charge is 0.191 e. The number of hydrogen-bond acceptors (Lipinski definition) is 1. The zero-order valence-electron chi connectivity index (χ0n) is 10.4. The van der Waals surface area contributed by atoms with Gasteiger partial charge in [0.25, 0.3) is 0 Å². The predicted octanol–water partition coefficient (Wildman–Crippen LogP) is 2.52. The molecule has 0 saturated heterocycles. The summed E-state index contributed by atoms with van der Waals surface area (Å²) in [6.45, 7) is 1.56. The number of nitrogens with zero attached hydrogens (tertiary/aromatic N) is 1. The molecular weight excluding hydrogens is 344 g/mol. The van der Waals surface area contributed by atoms with E-state index >= 15 is 0 Å². The summed E-state index contributed by atoms with van der Waals surface area (Å²) in [5.41, 5.74) is 0.916. The fourth-order valence-electron chi connectivity index (χ4n) is 1.62. The predicted molar refractivity (Wildman–Crippen MR) is 82.7 cm³/mol. The van der Waals surface area contributed by atoms with Crippen LogP contribution in [0.5, 0.6) is 0 Å². The highest BCUT2D eigenvalue weighted by Gasteiger charge is 2.20. The molecule has 1 aliphatic carbocycles. The first-order chi connectivity index (χ1) is 8.28. The maximum Gasteiger partial charge on any atom is 0.191 e. The van der Waals surface area contributed by atoms with E-state index in [9.17, 15) is 4.39 Å². The molecular formula is C13H19FIN3. The van der Waals surface area contributed by atoms with E-state index in [1.165, 1.54) is 25.0 Å². The van der Waals surface area contributed by atoms with Gasteiger partial charge in [-0.15, -0.1) is 24.0 Å². The van der Waals surface area contributed by atoms with E-state index in [0.29, 0.717) is 6.54 Å². The third kappa shape index (κ3) is 5.20. The summed E-state index contributed by atoms with van der Waals surface area (Å²) in [7, 11) is 1.74. The number of guanidine groups is 1. The van der Waals surface area contributed by atoms with Crippen molar-refractivity contribution < 1.29 is 4.39 Å². The summed E-state index contributed by atoms with van der Waals surface area (Å²) >= 11 is 0. The Morgan fingerprint density at radius 1 is 1.39 bits per heavy atom. The third-order valence-electron chi connectivity index (χ3n) is 2.83. The molecule has 1 aromatic rings. The third-order valence-corrected chi connectivity index (χ3v) is 2.83. The van der Waals surface area contributed by atoms with Crippen LogP contribution in [0.3, 0.4) is 0 Å². The second-order valence-corrected chi connectivity index (χ2v) is 4.38. The van der Waals surface area contributed by atoms with Gasteiger partial charge >= 0.3 is 0 Å². The van der Waals surface area contributed by atoms with E-state index in [2.05, 4.69) is 15.6 Å². The largest absolute Gasteiger partial charge is 0.356 e. The van der Waals surface area contributed by atoms with Crippen LogP contribution in [0.15, 0.2) is 29.3 Å². The van der Waals surface area contributed by atoms with Crippen molar-refractivity contribution >= 4 is 29.9 Å². The van der Waals surface area contributed by atoms with Crippen molar-refractivity contribution in [3.8, 4) is 0 Å². The maximum atomic E-state index is 13.0. The molecule has 2 N–H and O–H groups in total. The van der Waals surface area contributed by atoms with Gasteiger partial charge < -0.3 is 10.6 Å². The summed E-state index contributed by atoms with van der Waals surface area (Å²) in [6.07, 6.45) is 2.63. The van der Waals surface area contributed by atoms with Gasteiger partial charge in [0.05, 0.1) is 0 Å². The molecule has 0 spiro atoms. The molecule has 0 radical (unpaired) electrons. The fraction of sp³-hybridized carbons (Fsp3) is 0.462. The Morgan fingerprint density at radius 3 is 2.78 bits per heavy atom. The minimum atomic E-state index is -0.203. The lowest BCUT2D eigenvalue weighted by atomic mass is 10.2. The minimum Gasteiger partial charge on any atom is -0.356 e. The lowest BCUT2D eigenvalue weighted by Gasteiger charge is -2.11. The molecule has 1 saturated carbocycles. The van der Waals surface area contributed by atoms with Crippen molar-refractivity contribution in [1.29, 1.82) is 0 Å². The van der Waals surface area contributed by atoms with Gasteiger partial charge in [-0.05, 0) is 36.5 Å². The van der Waals surface area contributed by atoms with Gasteiger partial charge in [0.2, 0.25) is 0 Å². The Balaban J connectivity index is 0.00000162. The Kier molecular flexibility index (Phi) is 6.38. The SMILES string of the molecule is CN=C(NCc1cccc(F)c1)NCC1CC1.I. The van der Waals surface area contributed by atoms with Crippen molar-refractivity contribution in [3.63, 3.8) is 0 Å². The van der Waals surface area contributed by atoms with Crippen LogP contribution in [-0.4, -0.2) is 19.6 Å². The zero-order chi connectivity index (χ0) is 12.1. The number of aliphatic imine (C=N–C) groups is 1. The molecule has 18 heavy (non-hydrogen) atoms. The van der Waals surface area contributed by atoms with Crippen molar-refractivity contribution in [1.82, 2.24) is 10.6 Å². The molecule has 0 aromatic heterocycles. The Labute approximate surface area is 124 Å². The van der Waals surface area contributed by atoms with Gasteiger partial charge in [0.1, 0.15) is 5.82 Å². The topological polar surface area (TPSA) is 36.4 Å². The van der Waals surface area contributed by atoms with Crippen LogP contribution in [0.2, 0.25) is 0 Å². The van der Waals surface area contributed by atoms with E-state index < -0.39 is 0 Å². The molecule has 0 heterocycles. The number of rotatable bonds is 4. The van der Waals surface area contributed by atoms with Crippen molar-refractivity contribution in [2.45, 2.75) is 19.4 Å². The first kappa shape index (κ1) is 15.2. The maximum absolute atomic E-state index is 13.0. The first-order valence-corrected chi connectivity index (χ1v) is 5.97. The molecule has 2 rings (SSSR count). The highest BCUT2D eigenvalue weighted by atomic mass is 127. The summed E-state index contributed by atoms with van der Waals surface area (Å²) in [6, 6.07) is 6.59. The van der Waals surface area contributed by atoms with Gasteiger partial charge in [-0.1, -0.05) is 12.1 Å². The van der Waals surface area contributed by atoms with E-state index in [4.69, 9.17) is 0 Å². The van der Waals surface area contributed by atoms with Gasteiger partial charge in [0, 0.05) is 20.1 Å². The summed E-state index contributed by atoms with van der Waals surface area (Å²) in [4.78, 5) is 4.13. The fourth-order valence-corrected chi connectivity index (χ4v) is 1.62. The average molecular weight is 363 g/mol. The molecule has 100 valence electrons. The Hall–Kier alpha value is -0.850. The highest BCUT2D eigenvalue weighted by Crippen LogP contribution is 2.27. The van der Waals surface area contributed by atoms with E-state index in [0.717, 1.165) is 24.0 Å². The van der Waals surface area contributed by atoms with E-state index in [1.807, 2.05) is 6.07 Å². The van der Waals surface area contributed by atoms with Gasteiger partial charge in [0.15, 0.2) is 5.96 Å². The van der Waals surface area contributed by atoms with Crippen LogP contribution in [0, 0.1) is 11.7 Å². The van der Waals surface area contributed by atoms with Gasteiger partial charge in [-0.25, -0.2) is 4.39 Å². The second-order valence-electron chi connectivity index (χ2n) is 4.38. The molecule has 0 unspecified atom stereocenters. The quantitative estimate of drug-likeness (QED) is 0.490. The number of nitrogens with one attached hydrogen (secondary N) is 2. The molecule has 1 fully saturated rings. The van der Waals surface area contributed by atoms with Crippen molar-refractivity contribution in [2.24, 2.45) is 10.9 Å². The second kappa shape index (κ2) is 7.56. The van der Waals surface area contributed by atoms with Crippen LogP contribution < -0.4 is 10.6 Å². The van der Waals surface area contributed by atoms with Gasteiger partial charge in [-0.2, -0.15) is 0 Å². The normalized spacial score (nSPS) is 14.9. The van der Waals surface area contributed by atoms with Crippen LogP contribution in [0.25, 0.3) is 0 Å². The van der Waals surface area contributed by atoms with Crippen LogP contribution in [-0.2, 0) is 6.54 Å². The number of benzene rings is 1. The summed E-state index contributed by atoms with van der Waals surface area (Å²) in [5, 5.41) is 6.43. The van der Waals surface area contributed by atoms with Crippen LogP contribution >= 0.6 is 24.0 Å². The van der Waals surface area contributed by atoms with E-state index in [-0.39, 0.29) is 29.8 Å². The number of hydrogen-bond donors (Lipinski definition) is 2. The first-order valence-electron chi connectivity index (χ1n) is 5.97.